The fourth-order valence-electron chi connectivity index (χ4n) is 1.21. The van der Waals surface area contributed by atoms with Crippen LogP contribution in [0.3, 0.4) is 0 Å². The van der Waals surface area contributed by atoms with Crippen molar-refractivity contribution in [1.29, 1.82) is 0 Å². The van der Waals surface area contributed by atoms with Gasteiger partial charge >= 0.3 is 18.2 Å². The van der Waals surface area contributed by atoms with Crippen LogP contribution in [0.15, 0.2) is 12.7 Å². The third-order valence-electron chi connectivity index (χ3n) is 2.02. The van der Waals surface area contributed by atoms with E-state index in [4.69, 9.17) is 9.84 Å². The van der Waals surface area contributed by atoms with Crippen LogP contribution in [0.25, 0.3) is 0 Å². The van der Waals surface area contributed by atoms with E-state index in [1.165, 1.54) is 6.08 Å². The fourth-order valence-corrected chi connectivity index (χ4v) is 1.21. The third-order valence-corrected chi connectivity index (χ3v) is 2.02. The lowest BCUT2D eigenvalue weighted by Gasteiger charge is -2.20. The molecule has 3 N–H and O–H groups in total. The molecule has 0 unspecified atom stereocenters. The average molecular weight is 302 g/mol. The van der Waals surface area contributed by atoms with E-state index >= 15 is 0 Å². The Hall–Kier alpha value is -2.25. The maximum atomic E-state index is 11.4. The molecule has 0 aromatic heterocycles. The maximum absolute atomic E-state index is 11.4. The Bertz CT molecular complexity index is 389. The van der Waals surface area contributed by atoms with Crippen molar-refractivity contribution in [3.63, 3.8) is 0 Å². The zero-order valence-corrected chi connectivity index (χ0v) is 12.5. The second-order valence-corrected chi connectivity index (χ2v) is 5.14. The van der Waals surface area contributed by atoms with Crippen LogP contribution < -0.4 is 10.6 Å². The van der Waals surface area contributed by atoms with E-state index in [1.807, 2.05) is 0 Å². The summed E-state index contributed by atoms with van der Waals surface area (Å²) in [4.78, 5) is 33.6. The van der Waals surface area contributed by atoms with Gasteiger partial charge in [-0.1, -0.05) is 12.7 Å². The van der Waals surface area contributed by atoms with Crippen LogP contribution in [-0.2, 0) is 14.3 Å². The average Bonchev–Trinajstić information content (AvgIpc) is 2.32. The molecule has 0 aromatic carbocycles. The molecule has 1 atom stereocenters. The van der Waals surface area contributed by atoms with Crippen molar-refractivity contribution < 1.29 is 29.0 Å². The van der Waals surface area contributed by atoms with Gasteiger partial charge in [0.05, 0.1) is 0 Å². The zero-order chi connectivity index (χ0) is 16.5. The molecule has 0 aliphatic carbocycles. The van der Waals surface area contributed by atoms with E-state index in [-0.39, 0.29) is 19.6 Å². The number of amides is 2. The first-order valence-electron chi connectivity index (χ1n) is 6.39. The molecule has 0 aromatic rings. The Morgan fingerprint density at radius 3 is 2.38 bits per heavy atom. The minimum Gasteiger partial charge on any atom is -0.480 e. The van der Waals surface area contributed by atoms with Gasteiger partial charge in [0, 0.05) is 6.54 Å². The number of carbonyl (C=O) groups excluding carboxylic acids is 2. The van der Waals surface area contributed by atoms with Gasteiger partial charge in [-0.25, -0.2) is 14.4 Å². The first kappa shape index (κ1) is 18.8. The number of carboxylic acid groups (broad SMARTS) is 1. The summed E-state index contributed by atoms with van der Waals surface area (Å²) in [5.41, 5.74) is -0.636. The molecule has 0 radical (unpaired) electrons. The van der Waals surface area contributed by atoms with Crippen molar-refractivity contribution in [2.45, 2.75) is 38.8 Å². The number of aliphatic carboxylic acids is 1. The van der Waals surface area contributed by atoms with Crippen LogP contribution in [0.5, 0.6) is 0 Å². The van der Waals surface area contributed by atoms with Crippen LogP contribution in [0.1, 0.15) is 27.2 Å². The number of hydrogen-bond donors (Lipinski definition) is 3. The Morgan fingerprint density at radius 1 is 1.29 bits per heavy atom. The molecule has 8 heteroatoms. The highest BCUT2D eigenvalue weighted by Gasteiger charge is 2.21. The van der Waals surface area contributed by atoms with Crippen molar-refractivity contribution in [2.24, 2.45) is 0 Å². The Morgan fingerprint density at radius 2 is 1.90 bits per heavy atom. The smallest absolute Gasteiger partial charge is 0.408 e. The molecular weight excluding hydrogens is 280 g/mol. The Balaban J connectivity index is 4.16. The van der Waals surface area contributed by atoms with Gasteiger partial charge in [-0.05, 0) is 27.2 Å². The van der Waals surface area contributed by atoms with Gasteiger partial charge in [0.1, 0.15) is 18.2 Å². The SMILES string of the molecule is C=CCOC(=O)N[C@H](CCNC(=O)OC(C)(C)C)C(=O)O. The molecule has 0 aliphatic rings. The molecule has 2 amide bonds. The molecule has 0 rings (SSSR count). The second-order valence-electron chi connectivity index (χ2n) is 5.14. The van der Waals surface area contributed by atoms with E-state index in [1.54, 1.807) is 20.8 Å². The van der Waals surface area contributed by atoms with Crippen LogP contribution in [0.2, 0.25) is 0 Å². The quantitative estimate of drug-likeness (QED) is 0.610. The minimum absolute atomic E-state index is 0.00222. The minimum atomic E-state index is -1.23. The van der Waals surface area contributed by atoms with Crippen molar-refractivity contribution in [3.8, 4) is 0 Å². The number of carboxylic acids is 1. The van der Waals surface area contributed by atoms with Crippen molar-refractivity contribution in [1.82, 2.24) is 10.6 Å². The highest BCUT2D eigenvalue weighted by Crippen LogP contribution is 2.06. The highest BCUT2D eigenvalue weighted by molar-refractivity contribution is 5.80. The third kappa shape index (κ3) is 10.2. The lowest BCUT2D eigenvalue weighted by Crippen LogP contribution is -2.43. The molecule has 0 saturated heterocycles. The lowest BCUT2D eigenvalue weighted by molar-refractivity contribution is -0.139. The zero-order valence-electron chi connectivity index (χ0n) is 12.5. The molecule has 21 heavy (non-hydrogen) atoms. The summed E-state index contributed by atoms with van der Waals surface area (Å²) in [6, 6.07) is -1.17. The number of ether oxygens (including phenoxy) is 2. The summed E-state index contributed by atoms with van der Waals surface area (Å²) in [5.74, 6) is -1.23. The molecule has 8 nitrogen and oxygen atoms in total. The van der Waals surface area contributed by atoms with Gasteiger partial charge in [0.2, 0.25) is 0 Å². The first-order chi connectivity index (χ1) is 9.65. The van der Waals surface area contributed by atoms with E-state index in [9.17, 15) is 14.4 Å². The van der Waals surface area contributed by atoms with Crippen molar-refractivity contribution in [2.75, 3.05) is 13.2 Å². The Kier molecular flexibility index (Phi) is 7.88. The van der Waals surface area contributed by atoms with E-state index in [0.29, 0.717) is 0 Å². The van der Waals surface area contributed by atoms with Gasteiger partial charge in [0.25, 0.3) is 0 Å². The summed E-state index contributed by atoms with van der Waals surface area (Å²) in [5, 5.41) is 13.5. The molecule has 0 saturated carbocycles. The van der Waals surface area contributed by atoms with Gasteiger partial charge in [-0.15, -0.1) is 0 Å². The number of rotatable bonds is 7. The van der Waals surface area contributed by atoms with Gasteiger partial charge in [0.15, 0.2) is 0 Å². The van der Waals surface area contributed by atoms with Crippen LogP contribution in [0, 0.1) is 0 Å². The predicted molar refractivity (Wildman–Crippen MR) is 75.0 cm³/mol. The normalized spacial score (nSPS) is 12.0. The van der Waals surface area contributed by atoms with Gasteiger partial charge in [-0.2, -0.15) is 0 Å². The van der Waals surface area contributed by atoms with Crippen molar-refractivity contribution in [3.05, 3.63) is 12.7 Å². The predicted octanol–water partition coefficient (Wildman–Crippen LogP) is 1.27. The largest absolute Gasteiger partial charge is 0.480 e. The molecule has 0 bridgehead atoms. The van der Waals surface area contributed by atoms with E-state index in [2.05, 4.69) is 21.9 Å². The standard InChI is InChI=1S/C13H22N2O6/c1-5-8-20-12(19)15-9(10(16)17)6-7-14-11(18)21-13(2,3)4/h5,9H,1,6-8H2,2-4H3,(H,14,18)(H,15,19)(H,16,17)/t9-/m1/s1. The summed E-state index contributed by atoms with van der Waals surface area (Å²) < 4.78 is 9.62. The molecule has 0 fully saturated rings. The van der Waals surface area contributed by atoms with Crippen LogP contribution >= 0.6 is 0 Å². The Labute approximate surface area is 123 Å². The highest BCUT2D eigenvalue weighted by atomic mass is 16.6. The van der Waals surface area contributed by atoms with Crippen molar-refractivity contribution >= 4 is 18.2 Å². The molecule has 0 heterocycles. The van der Waals surface area contributed by atoms with Gasteiger partial charge in [-0.3, -0.25) is 0 Å². The van der Waals surface area contributed by atoms with Crippen LogP contribution in [-0.4, -0.2) is 48.1 Å². The summed E-state index contributed by atoms with van der Waals surface area (Å²) in [7, 11) is 0. The van der Waals surface area contributed by atoms with E-state index < -0.39 is 29.8 Å². The molecular formula is C13H22N2O6. The number of nitrogens with one attached hydrogen (secondary N) is 2. The topological polar surface area (TPSA) is 114 Å². The van der Waals surface area contributed by atoms with Crippen LogP contribution in [0.4, 0.5) is 9.59 Å². The van der Waals surface area contributed by atoms with Gasteiger partial charge < -0.3 is 25.2 Å². The number of carbonyl (C=O) groups is 3. The molecule has 0 spiro atoms. The first-order valence-corrected chi connectivity index (χ1v) is 6.39. The molecule has 120 valence electrons. The summed E-state index contributed by atoms with van der Waals surface area (Å²) in [6.45, 7) is 8.51. The van der Waals surface area contributed by atoms with E-state index in [0.717, 1.165) is 0 Å². The summed E-state index contributed by atoms with van der Waals surface area (Å²) in [6.07, 6.45) is -0.155. The fraction of sp³-hybridized carbons (Fsp3) is 0.615. The molecule has 0 aliphatic heterocycles. The number of alkyl carbamates (subject to hydrolysis) is 2. The maximum Gasteiger partial charge on any atom is 0.408 e. The summed E-state index contributed by atoms with van der Waals surface area (Å²) >= 11 is 0. The number of hydrogen-bond acceptors (Lipinski definition) is 5. The lowest BCUT2D eigenvalue weighted by atomic mass is 10.2. The monoisotopic (exact) mass is 302 g/mol. The second kappa shape index (κ2) is 8.83.